The Balaban J connectivity index is 1.67. The minimum absolute atomic E-state index is 0.0308. The number of piperidine rings is 1. The Morgan fingerprint density at radius 1 is 1.36 bits per heavy atom. The maximum Gasteiger partial charge on any atom is 0.408 e. The summed E-state index contributed by atoms with van der Waals surface area (Å²) in [6, 6.07) is -4.34. The van der Waals surface area contributed by atoms with Gasteiger partial charge >= 0.3 is 6.18 Å². The molecular weight excluding hydrogens is 392 g/mol. The van der Waals surface area contributed by atoms with Crippen molar-refractivity contribution >= 4 is 29.2 Å². The molecule has 1 saturated heterocycles. The molecule has 2 fully saturated rings. The highest BCUT2D eigenvalue weighted by Crippen LogP contribution is 2.46. The van der Waals surface area contributed by atoms with Crippen LogP contribution < -0.4 is 14.9 Å². The zero-order chi connectivity index (χ0) is 26.0. The molecule has 1 aromatic rings. The second kappa shape index (κ2) is 7.40. The molecule has 9 heteroatoms. The molecule has 28 heavy (non-hydrogen) atoms. The number of aliphatic imine (C=N–C) groups is 1. The van der Waals surface area contributed by atoms with Crippen LogP contribution in [0.5, 0.6) is 0 Å². The van der Waals surface area contributed by atoms with Gasteiger partial charge in [-0.3, -0.25) is 0 Å². The molecule has 0 aromatic heterocycles. The molecule has 0 radical (unpaired) electrons. The Kier molecular flexibility index (Phi) is 3.42. The third-order valence-corrected chi connectivity index (χ3v) is 5.96. The largest absolute Gasteiger partial charge is 0.408 e. The summed E-state index contributed by atoms with van der Waals surface area (Å²) in [5.41, 5.74) is 0.203. The van der Waals surface area contributed by atoms with Crippen LogP contribution in [0.25, 0.3) is 0 Å². The average molecular weight is 424 g/mol. The smallest absolute Gasteiger partial charge is 0.358 e. The number of hydrogen-bond acceptors (Lipinski definition) is 5. The summed E-state index contributed by atoms with van der Waals surface area (Å²) >= 11 is 1.09. The Labute approximate surface area is 176 Å². The van der Waals surface area contributed by atoms with Gasteiger partial charge in [-0.2, -0.15) is 13.2 Å². The lowest BCUT2D eigenvalue weighted by atomic mass is 9.95. The number of anilines is 1. The van der Waals surface area contributed by atoms with Gasteiger partial charge in [0.2, 0.25) is 0 Å². The number of fused-ring (bicyclic) bond motifs is 1. The van der Waals surface area contributed by atoms with E-state index < -0.39 is 50.2 Å². The number of amidine groups is 1. The summed E-state index contributed by atoms with van der Waals surface area (Å²) in [6.07, 6.45) is -3.79. The monoisotopic (exact) mass is 423 g/mol. The molecule has 2 atom stereocenters. The highest BCUT2D eigenvalue weighted by Gasteiger charge is 2.48. The fraction of sp³-hybridized carbons (Fsp3) is 0.632. The summed E-state index contributed by atoms with van der Waals surface area (Å²) in [7, 11) is 0. The van der Waals surface area contributed by atoms with E-state index in [1.165, 1.54) is 6.07 Å². The maximum atomic E-state index is 14.4. The lowest BCUT2D eigenvalue weighted by Crippen LogP contribution is -2.55. The van der Waals surface area contributed by atoms with Crippen LogP contribution in [0.4, 0.5) is 28.9 Å². The first-order valence-electron chi connectivity index (χ1n) is 12.5. The van der Waals surface area contributed by atoms with Gasteiger partial charge in [-0.05, 0) is 49.8 Å². The van der Waals surface area contributed by atoms with E-state index in [2.05, 4.69) is 15.0 Å². The van der Waals surface area contributed by atoms with Crippen LogP contribution in [-0.4, -0.2) is 36.7 Å². The van der Waals surface area contributed by atoms with Crippen molar-refractivity contribution in [1.82, 2.24) is 10.0 Å². The highest BCUT2D eigenvalue weighted by molar-refractivity contribution is 7.98. The summed E-state index contributed by atoms with van der Waals surface area (Å²) in [5.74, 6) is 0.0888. The fourth-order valence-corrected chi connectivity index (χ4v) is 4.50. The standard InChI is InChI=1S/C19H24F4N4S/c1-10(2)24-13-5-6-27(16(9-13)19(21,22)23)14-7-12(20)8-15-17(14)25-18(26-28-15)11-3-4-11/h7-8,10-11,13,16,24H,3-6,9H2,1-2H3,(H,25,26)/t13-,16+/m1/s1/i1D3,2D3,10D. The van der Waals surface area contributed by atoms with Gasteiger partial charge in [0.05, 0.1) is 10.6 Å². The first kappa shape index (κ1) is 13.0. The number of benzene rings is 1. The van der Waals surface area contributed by atoms with Gasteiger partial charge in [0.15, 0.2) is 0 Å². The fourth-order valence-electron chi connectivity index (χ4n) is 3.65. The quantitative estimate of drug-likeness (QED) is 0.540. The summed E-state index contributed by atoms with van der Waals surface area (Å²) in [4.78, 5) is 5.84. The lowest BCUT2D eigenvalue weighted by molar-refractivity contribution is -0.154. The van der Waals surface area contributed by atoms with Crippen LogP contribution in [0.2, 0.25) is 0 Å². The first-order chi connectivity index (χ1) is 16.0. The third kappa shape index (κ3) is 4.10. The molecule has 2 N–H and O–H groups in total. The Morgan fingerprint density at radius 3 is 2.82 bits per heavy atom. The van der Waals surface area contributed by atoms with Gasteiger partial charge in [-0.15, -0.1) is 0 Å². The molecular formula is C19H24F4N4S. The van der Waals surface area contributed by atoms with E-state index >= 15 is 0 Å². The zero-order valence-corrected chi connectivity index (χ0v) is 15.6. The van der Waals surface area contributed by atoms with Crippen molar-refractivity contribution < 1.29 is 27.2 Å². The van der Waals surface area contributed by atoms with Gasteiger partial charge in [0, 0.05) is 34.1 Å². The van der Waals surface area contributed by atoms with Crippen molar-refractivity contribution in [2.24, 2.45) is 10.9 Å². The van der Waals surface area contributed by atoms with Crippen LogP contribution in [-0.2, 0) is 0 Å². The number of nitrogens with one attached hydrogen (secondary N) is 2. The molecule has 4 nitrogen and oxygen atoms in total. The van der Waals surface area contributed by atoms with E-state index in [1.807, 2.05) is 0 Å². The SMILES string of the molecule is [2H]C([2H])([2H])C([2H])(N[C@@H]1CCN(c2cc(F)cc3c2N=C(C2CC2)NS3)[C@H](C(F)(F)F)C1)C([2H])([2H])[2H]. The van der Waals surface area contributed by atoms with Gasteiger partial charge < -0.3 is 14.9 Å². The molecule has 0 amide bonds. The minimum Gasteiger partial charge on any atom is -0.358 e. The van der Waals surface area contributed by atoms with Gasteiger partial charge in [0.1, 0.15) is 23.4 Å². The van der Waals surface area contributed by atoms with Crippen molar-refractivity contribution in [3.63, 3.8) is 0 Å². The second-order valence-corrected chi connectivity index (χ2v) is 8.09. The second-order valence-electron chi connectivity index (χ2n) is 7.24. The van der Waals surface area contributed by atoms with Gasteiger partial charge in [-0.1, -0.05) is 13.7 Å². The molecule has 1 saturated carbocycles. The van der Waals surface area contributed by atoms with Crippen molar-refractivity contribution in [2.45, 2.75) is 68.6 Å². The molecule has 0 spiro atoms. The lowest BCUT2D eigenvalue weighted by Gasteiger charge is -2.43. The number of hydrogen-bond donors (Lipinski definition) is 2. The van der Waals surface area contributed by atoms with Crippen LogP contribution in [0, 0.1) is 11.7 Å². The van der Waals surface area contributed by atoms with E-state index in [0.717, 1.165) is 35.8 Å². The molecule has 1 aliphatic carbocycles. The molecule has 4 rings (SSSR count). The van der Waals surface area contributed by atoms with E-state index in [-0.39, 0.29) is 30.3 Å². The van der Waals surface area contributed by atoms with Crippen molar-refractivity contribution in [3.8, 4) is 0 Å². The van der Waals surface area contributed by atoms with Gasteiger partial charge in [0.25, 0.3) is 0 Å². The number of rotatable bonds is 4. The average Bonchev–Trinajstić information content (AvgIpc) is 3.56. The van der Waals surface area contributed by atoms with Crippen molar-refractivity contribution in [2.75, 3.05) is 11.4 Å². The molecule has 3 aliphatic rings. The van der Waals surface area contributed by atoms with Crippen LogP contribution in [0.3, 0.4) is 0 Å². The third-order valence-electron chi connectivity index (χ3n) is 5.12. The molecule has 154 valence electrons. The summed E-state index contributed by atoms with van der Waals surface area (Å²) in [5, 5.41) is 2.19. The van der Waals surface area contributed by atoms with Crippen LogP contribution >= 0.6 is 11.9 Å². The van der Waals surface area contributed by atoms with Gasteiger partial charge in [-0.25, -0.2) is 9.38 Å². The Morgan fingerprint density at radius 2 is 2.14 bits per heavy atom. The molecule has 0 bridgehead atoms. The highest BCUT2D eigenvalue weighted by atomic mass is 32.2. The summed E-state index contributed by atoms with van der Waals surface area (Å²) in [6.45, 7) is -6.91. The van der Waals surface area contributed by atoms with E-state index in [9.17, 15) is 17.6 Å². The summed E-state index contributed by atoms with van der Waals surface area (Å²) < 4.78 is 113. The zero-order valence-electron chi connectivity index (χ0n) is 21.7. The molecule has 2 heterocycles. The predicted molar refractivity (Wildman–Crippen MR) is 104 cm³/mol. The number of halogens is 4. The number of alkyl halides is 3. The van der Waals surface area contributed by atoms with Crippen molar-refractivity contribution in [3.05, 3.63) is 17.9 Å². The van der Waals surface area contributed by atoms with E-state index in [1.54, 1.807) is 0 Å². The van der Waals surface area contributed by atoms with Crippen molar-refractivity contribution in [1.29, 1.82) is 0 Å². The first-order valence-corrected chi connectivity index (χ1v) is 9.79. The molecule has 0 unspecified atom stereocenters. The number of nitrogens with zero attached hydrogens (tertiary/aromatic N) is 2. The van der Waals surface area contributed by atoms with Crippen LogP contribution in [0.15, 0.2) is 22.0 Å². The topological polar surface area (TPSA) is 39.7 Å². The Bertz CT molecular complexity index is 997. The predicted octanol–water partition coefficient (Wildman–Crippen LogP) is 4.77. The van der Waals surface area contributed by atoms with E-state index in [0.29, 0.717) is 10.7 Å². The van der Waals surface area contributed by atoms with Crippen LogP contribution in [0.1, 0.15) is 49.0 Å². The Hall–Kier alpha value is -1.48. The normalized spacial score (nSPS) is 30.4. The molecule has 1 aromatic carbocycles. The minimum atomic E-state index is -4.80. The molecule has 2 aliphatic heterocycles. The van der Waals surface area contributed by atoms with E-state index in [4.69, 9.17) is 9.60 Å². The maximum absolute atomic E-state index is 14.4.